The maximum Gasteiger partial charge on any atom is 0.0936 e. The van der Waals surface area contributed by atoms with Gasteiger partial charge in [0.2, 0.25) is 0 Å². The molecule has 0 atom stereocenters. The normalized spacial score (nSPS) is 9.53. The predicted molar refractivity (Wildman–Crippen MR) is 151 cm³/mol. The quantitative estimate of drug-likeness (QED) is 0.274. The van der Waals surface area contributed by atoms with Crippen LogP contribution >= 0.6 is 0 Å². The zero-order chi connectivity index (χ0) is 25.6. The third-order valence-electron chi connectivity index (χ3n) is 3.94. The number of hydrogen-bond acceptors (Lipinski definition) is 4. The van der Waals surface area contributed by atoms with Crippen LogP contribution in [0.4, 0.5) is 22.7 Å². The molecule has 0 N–H and O–H groups in total. The summed E-state index contributed by atoms with van der Waals surface area (Å²) < 4.78 is 0. The van der Waals surface area contributed by atoms with Crippen LogP contribution in [0, 0.1) is 0 Å². The largest absolute Gasteiger partial charge is 0.151 e. The highest BCUT2D eigenvalue weighted by atomic mass is 15.1. The van der Waals surface area contributed by atoms with Crippen molar-refractivity contribution in [3.8, 4) is 0 Å². The zero-order valence-corrected chi connectivity index (χ0v) is 22.0. The first-order valence-corrected chi connectivity index (χ1v) is 12.4. The highest BCUT2D eigenvalue weighted by molar-refractivity contribution is 5.99. The van der Waals surface area contributed by atoms with Crippen LogP contribution in [0.1, 0.15) is 55.4 Å². The minimum atomic E-state index is 0.808. The van der Waals surface area contributed by atoms with Gasteiger partial charge in [-0.15, -0.1) is 10.2 Å². The fraction of sp³-hybridized carbons (Fsp3) is 0.267. The zero-order valence-electron chi connectivity index (χ0n) is 22.0. The monoisotopic (exact) mass is 456 g/mol. The van der Waals surface area contributed by atoms with Crippen LogP contribution in [-0.2, 0) is 0 Å². The smallest absolute Gasteiger partial charge is 0.0936 e. The van der Waals surface area contributed by atoms with E-state index in [-0.39, 0.29) is 0 Å². The van der Waals surface area contributed by atoms with Crippen molar-refractivity contribution in [1.82, 2.24) is 0 Å². The number of fused-ring (bicyclic) bond motifs is 1. The Morgan fingerprint density at radius 3 is 0.941 bits per heavy atom. The van der Waals surface area contributed by atoms with Gasteiger partial charge in [-0.1, -0.05) is 116 Å². The Morgan fingerprint density at radius 1 is 0.324 bits per heavy atom. The van der Waals surface area contributed by atoms with Gasteiger partial charge in [0, 0.05) is 10.8 Å². The van der Waals surface area contributed by atoms with E-state index in [4.69, 9.17) is 0 Å². The van der Waals surface area contributed by atoms with Crippen molar-refractivity contribution < 1.29 is 0 Å². The summed E-state index contributed by atoms with van der Waals surface area (Å²) in [7, 11) is 0. The van der Waals surface area contributed by atoms with Gasteiger partial charge < -0.3 is 0 Å². The van der Waals surface area contributed by atoms with E-state index in [0.717, 1.165) is 33.5 Å². The Kier molecular flexibility index (Phi) is 17.8. The molecular formula is C30H40N4. The average molecular weight is 457 g/mol. The molecule has 34 heavy (non-hydrogen) atoms. The van der Waals surface area contributed by atoms with E-state index in [1.54, 1.807) is 0 Å². The van der Waals surface area contributed by atoms with Gasteiger partial charge in [0.15, 0.2) is 0 Å². The summed E-state index contributed by atoms with van der Waals surface area (Å²) in [6.45, 7) is 16.0. The van der Waals surface area contributed by atoms with Crippen LogP contribution in [0.25, 0.3) is 10.8 Å². The Bertz CT molecular complexity index is 985. The molecule has 0 aliphatic rings. The third-order valence-corrected chi connectivity index (χ3v) is 3.94. The molecule has 0 saturated carbocycles. The molecule has 0 heterocycles. The molecule has 0 aromatic heterocycles. The Hall–Kier alpha value is -3.66. The SMILES string of the molecule is CC.CC.CC.CC.c1ccc(N=Nc2ccc(N=Nc3ccccc3)c3ccccc23)cc1. The number of azo groups is 2. The molecule has 0 aliphatic carbocycles. The standard InChI is InChI=1S/C22H16N4.4C2H6/c1-3-9-17(10-4-1)23-25-21-15-16-22(20-14-8-7-13-19(20)21)26-24-18-11-5-2-6-12-18;4*1-2/h1-16H;4*1-2H3. The van der Waals surface area contributed by atoms with Crippen molar-refractivity contribution in [3.63, 3.8) is 0 Å². The molecule has 0 amide bonds. The van der Waals surface area contributed by atoms with Gasteiger partial charge in [-0.05, 0) is 36.4 Å². The number of rotatable bonds is 4. The topological polar surface area (TPSA) is 49.4 Å². The lowest BCUT2D eigenvalue weighted by Gasteiger charge is -2.04. The fourth-order valence-corrected chi connectivity index (χ4v) is 2.65. The van der Waals surface area contributed by atoms with Crippen molar-refractivity contribution in [2.45, 2.75) is 55.4 Å². The Morgan fingerprint density at radius 2 is 0.618 bits per heavy atom. The molecule has 4 heteroatoms. The molecule has 180 valence electrons. The van der Waals surface area contributed by atoms with Gasteiger partial charge in [0.05, 0.1) is 22.7 Å². The molecular weight excluding hydrogens is 416 g/mol. The second kappa shape index (κ2) is 20.0. The summed E-state index contributed by atoms with van der Waals surface area (Å²) in [5.74, 6) is 0. The van der Waals surface area contributed by atoms with Crippen LogP contribution in [0.5, 0.6) is 0 Å². The van der Waals surface area contributed by atoms with E-state index in [1.807, 2.05) is 152 Å². The molecule has 0 unspecified atom stereocenters. The first-order valence-electron chi connectivity index (χ1n) is 12.4. The van der Waals surface area contributed by atoms with E-state index in [9.17, 15) is 0 Å². The van der Waals surface area contributed by atoms with Crippen molar-refractivity contribution in [2.75, 3.05) is 0 Å². The van der Waals surface area contributed by atoms with Crippen LogP contribution < -0.4 is 0 Å². The average Bonchev–Trinajstić information content (AvgIpc) is 2.96. The van der Waals surface area contributed by atoms with Crippen molar-refractivity contribution in [2.24, 2.45) is 20.5 Å². The van der Waals surface area contributed by atoms with Gasteiger partial charge >= 0.3 is 0 Å². The van der Waals surface area contributed by atoms with Crippen molar-refractivity contribution in [1.29, 1.82) is 0 Å². The lowest BCUT2D eigenvalue weighted by molar-refractivity contribution is 1.23. The molecule has 0 aliphatic heterocycles. The van der Waals surface area contributed by atoms with E-state index in [0.29, 0.717) is 0 Å². The highest BCUT2D eigenvalue weighted by Gasteiger charge is 2.05. The van der Waals surface area contributed by atoms with Gasteiger partial charge in [0.25, 0.3) is 0 Å². The molecule has 0 radical (unpaired) electrons. The minimum absolute atomic E-state index is 0.808. The van der Waals surface area contributed by atoms with Crippen molar-refractivity contribution in [3.05, 3.63) is 97.1 Å². The summed E-state index contributed by atoms with van der Waals surface area (Å²) in [6.07, 6.45) is 0. The van der Waals surface area contributed by atoms with E-state index < -0.39 is 0 Å². The van der Waals surface area contributed by atoms with E-state index >= 15 is 0 Å². The molecule has 4 aromatic rings. The summed E-state index contributed by atoms with van der Waals surface area (Å²) in [5.41, 5.74) is 3.26. The van der Waals surface area contributed by atoms with Gasteiger partial charge in [0.1, 0.15) is 0 Å². The second-order valence-electron chi connectivity index (χ2n) is 5.72. The van der Waals surface area contributed by atoms with Crippen LogP contribution in [0.3, 0.4) is 0 Å². The number of nitrogens with zero attached hydrogens (tertiary/aromatic N) is 4. The summed E-state index contributed by atoms with van der Waals surface area (Å²) in [6, 6.07) is 31.3. The van der Waals surface area contributed by atoms with Crippen LogP contribution in [-0.4, -0.2) is 0 Å². The Labute approximate surface area is 206 Å². The van der Waals surface area contributed by atoms with Crippen LogP contribution in [0.2, 0.25) is 0 Å². The van der Waals surface area contributed by atoms with Crippen molar-refractivity contribution >= 4 is 33.5 Å². The summed E-state index contributed by atoms with van der Waals surface area (Å²) in [5, 5.41) is 19.5. The number of benzene rings is 4. The van der Waals surface area contributed by atoms with Crippen LogP contribution in [0.15, 0.2) is 118 Å². The highest BCUT2D eigenvalue weighted by Crippen LogP contribution is 2.35. The molecule has 0 saturated heterocycles. The molecule has 4 aromatic carbocycles. The predicted octanol–water partition coefficient (Wildman–Crippen LogP) is 11.8. The maximum atomic E-state index is 4.42. The third kappa shape index (κ3) is 9.86. The maximum absolute atomic E-state index is 4.42. The summed E-state index contributed by atoms with van der Waals surface area (Å²) >= 11 is 0. The van der Waals surface area contributed by atoms with E-state index in [2.05, 4.69) is 20.5 Å². The van der Waals surface area contributed by atoms with Gasteiger partial charge in [-0.25, -0.2) is 0 Å². The second-order valence-corrected chi connectivity index (χ2v) is 5.72. The molecule has 0 spiro atoms. The van der Waals surface area contributed by atoms with E-state index in [1.165, 1.54) is 0 Å². The Balaban J connectivity index is 0.00000124. The van der Waals surface area contributed by atoms with Gasteiger partial charge in [-0.3, -0.25) is 0 Å². The first kappa shape index (κ1) is 30.3. The molecule has 0 bridgehead atoms. The molecule has 4 nitrogen and oxygen atoms in total. The lowest BCUT2D eigenvalue weighted by Crippen LogP contribution is -1.75. The summed E-state index contributed by atoms with van der Waals surface area (Å²) in [4.78, 5) is 0. The lowest BCUT2D eigenvalue weighted by atomic mass is 10.1. The number of hydrogen-bond donors (Lipinski definition) is 0. The first-order chi connectivity index (χ1) is 16.9. The molecule has 0 fully saturated rings. The fourth-order valence-electron chi connectivity index (χ4n) is 2.65. The molecule has 4 rings (SSSR count). The minimum Gasteiger partial charge on any atom is -0.151 e. The van der Waals surface area contributed by atoms with Gasteiger partial charge in [-0.2, -0.15) is 10.2 Å².